The van der Waals surface area contributed by atoms with E-state index in [2.05, 4.69) is 70.4 Å². The van der Waals surface area contributed by atoms with E-state index < -0.39 is 0 Å². The van der Waals surface area contributed by atoms with E-state index >= 15 is 0 Å². The molecule has 2 rings (SSSR count). The van der Waals surface area contributed by atoms with Crippen LogP contribution in [-0.4, -0.2) is 43.8 Å². The average Bonchev–Trinajstić information content (AvgIpc) is 2.96. The number of unbranched alkanes of at least 4 members (excludes halogenated alkanes) is 11. The Morgan fingerprint density at radius 2 is 1.32 bits per heavy atom. The zero-order valence-corrected chi connectivity index (χ0v) is 26.9. The number of aryl methyl sites for hydroxylation is 1. The molecule has 0 saturated carbocycles. The van der Waals surface area contributed by atoms with Gasteiger partial charge in [0.25, 0.3) is 0 Å². The lowest BCUT2D eigenvalue weighted by molar-refractivity contribution is -0.903. The van der Waals surface area contributed by atoms with Crippen LogP contribution in [0.5, 0.6) is 5.75 Å². The first-order chi connectivity index (χ1) is 19.9. The number of hydrogen-bond donors (Lipinski definition) is 0. The Hall–Kier alpha value is -2.33. The van der Waals surface area contributed by atoms with Gasteiger partial charge in [-0.3, -0.25) is 4.79 Å². The number of hydrogen-bond acceptors (Lipinski definition) is 3. The van der Waals surface area contributed by atoms with Crippen molar-refractivity contribution in [2.24, 2.45) is 0 Å². The SMILES string of the molecule is CCCCCCCCCCCCCCc1ccccc1OC(CC)COC(=O)CCC[N+](C)(C)Cc1ccccc1. The maximum atomic E-state index is 12.5. The van der Waals surface area contributed by atoms with Gasteiger partial charge in [0.2, 0.25) is 0 Å². The molecule has 2 aromatic rings. The van der Waals surface area contributed by atoms with Crippen LogP contribution in [0, 0.1) is 0 Å². The molecular weight excluding hydrogens is 506 g/mol. The summed E-state index contributed by atoms with van der Waals surface area (Å²) in [5.74, 6) is 0.815. The van der Waals surface area contributed by atoms with Crippen LogP contribution in [0.15, 0.2) is 54.6 Å². The molecule has 0 aliphatic rings. The molecule has 0 fully saturated rings. The van der Waals surface area contributed by atoms with Gasteiger partial charge in [-0.1, -0.05) is 133 Å². The summed E-state index contributed by atoms with van der Waals surface area (Å²) in [6.45, 7) is 6.58. The van der Waals surface area contributed by atoms with Crippen LogP contribution < -0.4 is 4.74 Å². The van der Waals surface area contributed by atoms with Crippen LogP contribution in [-0.2, 0) is 22.5 Å². The van der Waals surface area contributed by atoms with Crippen molar-refractivity contribution in [1.82, 2.24) is 0 Å². The van der Waals surface area contributed by atoms with Crippen molar-refractivity contribution in [2.45, 2.75) is 129 Å². The first-order valence-corrected chi connectivity index (χ1v) is 16.7. The van der Waals surface area contributed by atoms with E-state index in [4.69, 9.17) is 9.47 Å². The molecule has 2 aromatic carbocycles. The van der Waals surface area contributed by atoms with E-state index in [1.54, 1.807) is 0 Å². The Bertz CT molecular complexity index is 927. The monoisotopic (exact) mass is 566 g/mol. The van der Waals surface area contributed by atoms with Gasteiger partial charge in [0, 0.05) is 12.0 Å². The molecule has 4 nitrogen and oxygen atoms in total. The van der Waals surface area contributed by atoms with Crippen molar-refractivity contribution in [2.75, 3.05) is 27.2 Å². The number of quaternary nitrogens is 1. The molecular formula is C37H60NO3+. The highest BCUT2D eigenvalue weighted by molar-refractivity contribution is 5.69. The van der Waals surface area contributed by atoms with Crippen LogP contribution in [0.2, 0.25) is 0 Å². The Kier molecular flexibility index (Phi) is 18.2. The van der Waals surface area contributed by atoms with Gasteiger partial charge in [-0.25, -0.2) is 0 Å². The predicted molar refractivity (Wildman–Crippen MR) is 173 cm³/mol. The largest absolute Gasteiger partial charge is 0.487 e. The van der Waals surface area contributed by atoms with Gasteiger partial charge < -0.3 is 14.0 Å². The highest BCUT2D eigenvalue weighted by atomic mass is 16.6. The minimum Gasteiger partial charge on any atom is -0.487 e. The summed E-state index contributed by atoms with van der Waals surface area (Å²) in [6, 6.07) is 18.9. The van der Waals surface area contributed by atoms with Crippen LogP contribution in [0.1, 0.15) is 121 Å². The van der Waals surface area contributed by atoms with E-state index in [0.717, 1.165) is 42.6 Å². The van der Waals surface area contributed by atoms with E-state index in [0.29, 0.717) is 13.0 Å². The minimum atomic E-state index is -0.128. The Labute approximate surface area is 252 Å². The molecule has 0 aromatic heterocycles. The lowest BCUT2D eigenvalue weighted by Crippen LogP contribution is -2.39. The number of esters is 1. The fourth-order valence-corrected chi connectivity index (χ4v) is 5.46. The van der Waals surface area contributed by atoms with Crippen molar-refractivity contribution in [1.29, 1.82) is 0 Å². The summed E-state index contributed by atoms with van der Waals surface area (Å²) < 4.78 is 12.8. The number of rotatable bonds is 24. The van der Waals surface area contributed by atoms with E-state index in [1.165, 1.54) is 88.2 Å². The normalized spacial score (nSPS) is 12.3. The van der Waals surface area contributed by atoms with Crippen molar-refractivity contribution < 1.29 is 18.8 Å². The standard InChI is InChI=1S/C37H60NO3/c1-5-7-8-9-10-11-12-13-14-15-16-20-26-34-27-21-22-28-36(34)41-35(6-2)32-40-37(39)29-23-30-38(3,4)31-33-24-18-17-19-25-33/h17-19,21-22,24-25,27-28,35H,5-16,20,23,26,29-32H2,1-4H3/q+1. The van der Waals surface area contributed by atoms with Gasteiger partial charge in [0.05, 0.1) is 27.1 Å². The van der Waals surface area contributed by atoms with Gasteiger partial charge >= 0.3 is 5.97 Å². The Balaban J connectivity index is 1.62. The molecule has 4 heteroatoms. The lowest BCUT2D eigenvalue weighted by Gasteiger charge is -2.29. The summed E-state index contributed by atoms with van der Waals surface area (Å²) in [5, 5.41) is 0. The Morgan fingerprint density at radius 3 is 1.95 bits per heavy atom. The van der Waals surface area contributed by atoms with Crippen molar-refractivity contribution in [3.63, 3.8) is 0 Å². The molecule has 41 heavy (non-hydrogen) atoms. The number of nitrogens with zero attached hydrogens (tertiary/aromatic N) is 1. The molecule has 0 aliphatic heterocycles. The summed E-state index contributed by atoms with van der Waals surface area (Å²) in [6.07, 6.45) is 19.3. The second kappa shape index (κ2) is 21.4. The number of ether oxygens (including phenoxy) is 2. The number of benzene rings is 2. The molecule has 0 bridgehead atoms. The molecule has 0 spiro atoms. The molecule has 0 radical (unpaired) electrons. The van der Waals surface area contributed by atoms with Crippen LogP contribution in [0.3, 0.4) is 0 Å². The van der Waals surface area contributed by atoms with Crippen molar-refractivity contribution >= 4 is 5.97 Å². The second-order valence-corrected chi connectivity index (χ2v) is 12.5. The van der Waals surface area contributed by atoms with Crippen LogP contribution >= 0.6 is 0 Å². The van der Waals surface area contributed by atoms with Crippen molar-refractivity contribution in [3.8, 4) is 5.75 Å². The molecule has 230 valence electrons. The maximum Gasteiger partial charge on any atom is 0.306 e. The molecule has 1 unspecified atom stereocenters. The van der Waals surface area contributed by atoms with Gasteiger partial charge in [-0.05, 0) is 30.9 Å². The second-order valence-electron chi connectivity index (χ2n) is 12.5. The summed E-state index contributed by atoms with van der Waals surface area (Å²) in [7, 11) is 4.43. The summed E-state index contributed by atoms with van der Waals surface area (Å²) in [4.78, 5) is 12.5. The van der Waals surface area contributed by atoms with Crippen LogP contribution in [0.4, 0.5) is 0 Å². The van der Waals surface area contributed by atoms with E-state index in [-0.39, 0.29) is 12.1 Å². The number of carbonyl (C=O) groups is 1. The first-order valence-electron chi connectivity index (χ1n) is 16.7. The topological polar surface area (TPSA) is 35.5 Å². The molecule has 1 atom stereocenters. The Morgan fingerprint density at radius 1 is 0.732 bits per heavy atom. The molecule has 0 amide bonds. The predicted octanol–water partition coefficient (Wildman–Crippen LogP) is 9.69. The number of para-hydroxylation sites is 1. The quantitative estimate of drug-likeness (QED) is 0.0721. The van der Waals surface area contributed by atoms with E-state index in [1.807, 2.05) is 12.1 Å². The zero-order valence-electron chi connectivity index (χ0n) is 26.9. The van der Waals surface area contributed by atoms with E-state index in [9.17, 15) is 4.79 Å². The molecule has 0 N–H and O–H groups in total. The third kappa shape index (κ3) is 16.6. The van der Waals surface area contributed by atoms with Crippen LogP contribution in [0.25, 0.3) is 0 Å². The smallest absolute Gasteiger partial charge is 0.306 e. The third-order valence-electron chi connectivity index (χ3n) is 8.05. The summed E-state index contributed by atoms with van der Waals surface area (Å²) >= 11 is 0. The van der Waals surface area contributed by atoms with Gasteiger partial charge in [-0.15, -0.1) is 0 Å². The van der Waals surface area contributed by atoms with Crippen molar-refractivity contribution in [3.05, 3.63) is 65.7 Å². The maximum absolute atomic E-state index is 12.5. The average molecular weight is 567 g/mol. The highest BCUT2D eigenvalue weighted by Crippen LogP contribution is 2.23. The fourth-order valence-electron chi connectivity index (χ4n) is 5.46. The minimum absolute atomic E-state index is 0.118. The first kappa shape index (κ1) is 34.9. The zero-order chi connectivity index (χ0) is 29.6. The number of carbonyl (C=O) groups excluding carboxylic acids is 1. The summed E-state index contributed by atoms with van der Waals surface area (Å²) in [5.41, 5.74) is 2.59. The third-order valence-corrected chi connectivity index (χ3v) is 8.05. The fraction of sp³-hybridized carbons (Fsp3) is 0.649. The van der Waals surface area contributed by atoms with Gasteiger partial charge in [-0.2, -0.15) is 0 Å². The van der Waals surface area contributed by atoms with Gasteiger partial charge in [0.1, 0.15) is 25.0 Å². The lowest BCUT2D eigenvalue weighted by atomic mass is 10.0. The molecule has 0 saturated heterocycles. The highest BCUT2D eigenvalue weighted by Gasteiger charge is 2.18. The molecule has 0 aliphatic carbocycles. The van der Waals surface area contributed by atoms with Gasteiger partial charge in [0.15, 0.2) is 0 Å². The molecule has 0 heterocycles.